The molecular formula is C20H18N2. The zero-order valence-corrected chi connectivity index (χ0v) is 12.6. The van der Waals surface area contributed by atoms with Gasteiger partial charge in [-0.1, -0.05) is 54.6 Å². The highest BCUT2D eigenvalue weighted by atomic mass is 15.1. The lowest BCUT2D eigenvalue weighted by Crippen LogP contribution is -2.39. The molecule has 0 bridgehead atoms. The molecule has 22 heavy (non-hydrogen) atoms. The van der Waals surface area contributed by atoms with Crippen molar-refractivity contribution in [1.29, 1.82) is 0 Å². The summed E-state index contributed by atoms with van der Waals surface area (Å²) in [6.45, 7) is 3.06. The van der Waals surface area contributed by atoms with Gasteiger partial charge in [0.1, 0.15) is 0 Å². The largest absolute Gasteiger partial charge is 0.365 e. The smallest absolute Gasteiger partial charge is 0.0706 e. The van der Waals surface area contributed by atoms with E-state index in [-0.39, 0.29) is 0 Å². The second-order valence-corrected chi connectivity index (χ2v) is 5.83. The summed E-state index contributed by atoms with van der Waals surface area (Å²) < 4.78 is 0. The number of hydrogen-bond donors (Lipinski definition) is 0. The summed E-state index contributed by atoms with van der Waals surface area (Å²) >= 11 is 0. The number of rotatable bonds is 2. The Kier molecular flexibility index (Phi) is 3.15. The highest BCUT2D eigenvalue weighted by Gasteiger charge is 2.12. The number of hydrogen-bond acceptors (Lipinski definition) is 2. The fourth-order valence-electron chi connectivity index (χ4n) is 3.01. The molecule has 2 heterocycles. The van der Waals surface area contributed by atoms with Gasteiger partial charge in [0.25, 0.3) is 0 Å². The van der Waals surface area contributed by atoms with Crippen LogP contribution in [0.4, 0.5) is 0 Å². The van der Waals surface area contributed by atoms with Crippen molar-refractivity contribution in [2.75, 3.05) is 0 Å². The maximum Gasteiger partial charge on any atom is 0.0706 e. The summed E-state index contributed by atoms with van der Waals surface area (Å²) in [5.41, 5.74) is 2.17. The summed E-state index contributed by atoms with van der Waals surface area (Å²) in [7, 11) is 0. The number of nitrogens with zero attached hydrogens (tertiary/aromatic N) is 2. The van der Waals surface area contributed by atoms with Crippen molar-refractivity contribution < 1.29 is 0 Å². The van der Waals surface area contributed by atoms with Crippen molar-refractivity contribution in [3.63, 3.8) is 0 Å². The molecule has 0 spiro atoms. The normalized spacial score (nSPS) is 16.8. The first-order valence-electron chi connectivity index (χ1n) is 7.69. The minimum absolute atomic E-state index is 0.378. The second-order valence-electron chi connectivity index (χ2n) is 5.83. The quantitative estimate of drug-likeness (QED) is 0.720. The Morgan fingerprint density at radius 2 is 1.68 bits per heavy atom. The van der Waals surface area contributed by atoms with Crippen molar-refractivity contribution in [3.8, 4) is 0 Å². The molecule has 1 aromatic heterocycles. The molecule has 2 nitrogen and oxygen atoms in total. The van der Waals surface area contributed by atoms with Gasteiger partial charge in [-0.15, -0.1) is 0 Å². The molecular weight excluding hydrogens is 268 g/mol. The first-order chi connectivity index (χ1) is 10.8. The van der Waals surface area contributed by atoms with Crippen LogP contribution in [0.3, 0.4) is 0 Å². The fourth-order valence-corrected chi connectivity index (χ4v) is 3.01. The van der Waals surface area contributed by atoms with E-state index >= 15 is 0 Å². The average molecular weight is 286 g/mol. The highest BCUT2D eigenvalue weighted by molar-refractivity contribution is 5.78. The molecule has 0 saturated carbocycles. The Morgan fingerprint density at radius 3 is 2.59 bits per heavy atom. The lowest BCUT2D eigenvalue weighted by atomic mass is 10.1. The maximum atomic E-state index is 4.78. The van der Waals surface area contributed by atoms with Crippen LogP contribution in [0.5, 0.6) is 0 Å². The van der Waals surface area contributed by atoms with Crippen LogP contribution in [-0.2, 0) is 6.54 Å². The molecule has 2 aromatic carbocycles. The molecule has 3 aromatic rings. The summed E-state index contributed by atoms with van der Waals surface area (Å²) in [6.07, 6.45) is 4.56. The van der Waals surface area contributed by atoms with E-state index in [4.69, 9.17) is 4.98 Å². The van der Waals surface area contributed by atoms with Gasteiger partial charge in [0.05, 0.1) is 17.8 Å². The predicted octanol–water partition coefficient (Wildman–Crippen LogP) is 2.66. The van der Waals surface area contributed by atoms with Gasteiger partial charge in [0, 0.05) is 17.6 Å². The first-order valence-corrected chi connectivity index (χ1v) is 7.69. The average Bonchev–Trinajstić information content (AvgIpc) is 2.55. The van der Waals surface area contributed by atoms with Crippen LogP contribution in [0.1, 0.15) is 12.6 Å². The third kappa shape index (κ3) is 2.37. The van der Waals surface area contributed by atoms with E-state index in [2.05, 4.69) is 78.7 Å². The lowest BCUT2D eigenvalue weighted by molar-refractivity contribution is 0.368. The number of benzene rings is 2. The first kappa shape index (κ1) is 13.1. The molecule has 0 N–H and O–H groups in total. The van der Waals surface area contributed by atoms with Crippen LogP contribution in [0, 0.1) is 0 Å². The molecule has 1 aliphatic heterocycles. The molecule has 1 atom stereocenters. The van der Waals surface area contributed by atoms with E-state index in [1.54, 1.807) is 0 Å². The van der Waals surface area contributed by atoms with Crippen molar-refractivity contribution in [2.24, 2.45) is 0 Å². The second kappa shape index (κ2) is 5.30. The zero-order valence-electron chi connectivity index (χ0n) is 12.6. The van der Waals surface area contributed by atoms with Gasteiger partial charge < -0.3 is 4.90 Å². The van der Waals surface area contributed by atoms with E-state index in [1.807, 2.05) is 6.07 Å². The molecule has 0 aliphatic carbocycles. The van der Waals surface area contributed by atoms with Crippen LogP contribution in [0.15, 0.2) is 60.7 Å². The monoisotopic (exact) mass is 286 g/mol. The molecule has 4 rings (SSSR count). The van der Waals surface area contributed by atoms with Crippen LogP contribution >= 0.6 is 0 Å². The van der Waals surface area contributed by atoms with Crippen molar-refractivity contribution in [1.82, 2.24) is 9.88 Å². The van der Waals surface area contributed by atoms with E-state index in [0.29, 0.717) is 6.04 Å². The standard InChI is InChI=1S/C20H18N2/c1-15-12-17-7-2-3-8-18(17)13-22(15)14-19-11-10-16-6-4-5-9-20(16)21-19/h2-13,15H,14H2,1H3. The Morgan fingerprint density at radius 1 is 0.909 bits per heavy atom. The van der Waals surface area contributed by atoms with Gasteiger partial charge in [-0.25, -0.2) is 0 Å². The predicted molar refractivity (Wildman–Crippen MR) is 91.4 cm³/mol. The van der Waals surface area contributed by atoms with Crippen molar-refractivity contribution >= 4 is 23.2 Å². The summed E-state index contributed by atoms with van der Waals surface area (Å²) in [5, 5.41) is 3.79. The summed E-state index contributed by atoms with van der Waals surface area (Å²) in [6, 6.07) is 21.5. The number of pyridine rings is 1. The zero-order chi connectivity index (χ0) is 14.9. The topological polar surface area (TPSA) is 16.1 Å². The van der Waals surface area contributed by atoms with Crippen LogP contribution in [0.25, 0.3) is 23.2 Å². The van der Waals surface area contributed by atoms with Crippen LogP contribution in [0.2, 0.25) is 0 Å². The number of para-hydroxylation sites is 1. The Bertz CT molecular complexity index is 943. The summed E-state index contributed by atoms with van der Waals surface area (Å²) in [5.74, 6) is 0. The highest BCUT2D eigenvalue weighted by Crippen LogP contribution is 2.15. The Hall–Kier alpha value is -2.61. The SMILES string of the molecule is CC1C=c2ccccc2=CN1Cc1ccc2ccccc2n1. The third-order valence-electron chi connectivity index (χ3n) is 4.25. The van der Waals surface area contributed by atoms with Crippen LogP contribution < -0.4 is 10.4 Å². The van der Waals surface area contributed by atoms with E-state index in [9.17, 15) is 0 Å². The molecule has 0 radical (unpaired) electrons. The Balaban J connectivity index is 1.69. The number of fused-ring (bicyclic) bond motifs is 2. The van der Waals surface area contributed by atoms with E-state index < -0.39 is 0 Å². The van der Waals surface area contributed by atoms with Crippen LogP contribution in [-0.4, -0.2) is 15.9 Å². The molecule has 0 saturated heterocycles. The van der Waals surface area contributed by atoms with Crippen molar-refractivity contribution in [3.05, 3.63) is 76.8 Å². The van der Waals surface area contributed by atoms with Gasteiger partial charge >= 0.3 is 0 Å². The van der Waals surface area contributed by atoms with Gasteiger partial charge in [-0.2, -0.15) is 0 Å². The molecule has 1 unspecified atom stereocenters. The maximum absolute atomic E-state index is 4.78. The van der Waals surface area contributed by atoms with Gasteiger partial charge in [0.2, 0.25) is 0 Å². The molecule has 108 valence electrons. The molecule has 2 heteroatoms. The molecule has 0 fully saturated rings. The molecule has 0 amide bonds. The van der Waals surface area contributed by atoms with E-state index in [1.165, 1.54) is 15.8 Å². The minimum Gasteiger partial charge on any atom is -0.365 e. The van der Waals surface area contributed by atoms with Crippen molar-refractivity contribution in [2.45, 2.75) is 19.5 Å². The van der Waals surface area contributed by atoms with Gasteiger partial charge in [0.15, 0.2) is 0 Å². The summed E-state index contributed by atoms with van der Waals surface area (Å²) in [4.78, 5) is 7.13. The van der Waals surface area contributed by atoms with E-state index in [0.717, 1.165) is 17.8 Å². The fraction of sp³-hybridized carbons (Fsp3) is 0.150. The molecule has 1 aliphatic rings. The lowest BCUT2D eigenvalue weighted by Gasteiger charge is -2.27. The van der Waals surface area contributed by atoms with Gasteiger partial charge in [-0.3, -0.25) is 4.98 Å². The number of aromatic nitrogens is 1. The Labute approximate surface area is 130 Å². The third-order valence-corrected chi connectivity index (χ3v) is 4.25. The van der Waals surface area contributed by atoms with Gasteiger partial charge in [-0.05, 0) is 29.5 Å². The minimum atomic E-state index is 0.378.